The molecule has 0 radical (unpaired) electrons. The summed E-state index contributed by atoms with van der Waals surface area (Å²) in [6, 6.07) is 9.46. The van der Waals surface area contributed by atoms with Gasteiger partial charge in [0.2, 0.25) is 0 Å². The van der Waals surface area contributed by atoms with E-state index >= 15 is 0 Å². The molecule has 3 nitrogen and oxygen atoms in total. The van der Waals surface area contributed by atoms with Crippen LogP contribution >= 0.6 is 27.3 Å². The van der Waals surface area contributed by atoms with Crippen LogP contribution < -0.4 is 5.56 Å². The number of rotatable bonds is 1. The van der Waals surface area contributed by atoms with Gasteiger partial charge in [-0.05, 0) is 33.4 Å². The van der Waals surface area contributed by atoms with E-state index in [1.807, 2.05) is 29.6 Å². The van der Waals surface area contributed by atoms with Crippen LogP contribution in [0.4, 0.5) is 0 Å². The molecule has 0 spiro atoms. The van der Waals surface area contributed by atoms with E-state index in [9.17, 15) is 4.79 Å². The summed E-state index contributed by atoms with van der Waals surface area (Å²) < 4.78 is 0.993. The van der Waals surface area contributed by atoms with Crippen molar-refractivity contribution in [2.75, 3.05) is 0 Å². The van der Waals surface area contributed by atoms with Gasteiger partial charge in [0.25, 0.3) is 5.56 Å². The molecule has 2 heterocycles. The van der Waals surface area contributed by atoms with Gasteiger partial charge in [0.1, 0.15) is 5.69 Å². The third kappa shape index (κ3) is 1.71. The minimum atomic E-state index is -0.156. The van der Waals surface area contributed by atoms with Crippen LogP contribution in [-0.4, -0.2) is 10.2 Å². The summed E-state index contributed by atoms with van der Waals surface area (Å²) >= 11 is 5.08. The fraction of sp³-hybridized carbons (Fsp3) is 0. The number of aromatic amines is 1. The average Bonchev–Trinajstić information content (AvgIpc) is 2.77. The lowest BCUT2D eigenvalue weighted by molar-refractivity contribution is 1.02. The van der Waals surface area contributed by atoms with Gasteiger partial charge in [0.05, 0.1) is 10.3 Å². The van der Waals surface area contributed by atoms with Crippen molar-refractivity contribution in [2.45, 2.75) is 0 Å². The molecule has 0 unspecified atom stereocenters. The highest BCUT2D eigenvalue weighted by Gasteiger charge is 2.11. The Kier molecular flexibility index (Phi) is 2.57. The number of hydrogen-bond acceptors (Lipinski definition) is 3. The summed E-state index contributed by atoms with van der Waals surface area (Å²) in [5.41, 5.74) is 0.652. The molecule has 3 rings (SSSR count). The lowest BCUT2D eigenvalue weighted by Crippen LogP contribution is -2.08. The van der Waals surface area contributed by atoms with Gasteiger partial charge >= 0.3 is 0 Å². The topological polar surface area (TPSA) is 45.8 Å². The first kappa shape index (κ1) is 10.7. The standard InChI is InChI=1S/C12H7BrN2OS/c13-9-5-6-17-11(9)10-7-3-1-2-4-8(7)12(16)15-14-10/h1-6H,(H,15,16). The second-order valence-electron chi connectivity index (χ2n) is 3.54. The molecular weight excluding hydrogens is 300 g/mol. The molecule has 5 heteroatoms. The molecule has 2 aromatic heterocycles. The van der Waals surface area contributed by atoms with Crippen molar-refractivity contribution in [2.24, 2.45) is 0 Å². The molecule has 0 saturated carbocycles. The van der Waals surface area contributed by atoms with Crippen LogP contribution in [0.15, 0.2) is 45.0 Å². The second-order valence-corrected chi connectivity index (χ2v) is 5.32. The number of halogens is 1. The summed E-state index contributed by atoms with van der Waals surface area (Å²) in [5.74, 6) is 0. The quantitative estimate of drug-likeness (QED) is 0.749. The Morgan fingerprint density at radius 3 is 2.65 bits per heavy atom. The normalized spacial score (nSPS) is 10.9. The van der Waals surface area contributed by atoms with Crippen molar-refractivity contribution < 1.29 is 0 Å². The highest BCUT2D eigenvalue weighted by Crippen LogP contribution is 2.34. The smallest absolute Gasteiger partial charge is 0.267 e. The first-order chi connectivity index (χ1) is 8.27. The minimum Gasteiger partial charge on any atom is -0.267 e. The lowest BCUT2D eigenvalue weighted by Gasteiger charge is -2.02. The Morgan fingerprint density at radius 1 is 1.18 bits per heavy atom. The SMILES string of the molecule is O=c1[nH]nc(-c2sccc2Br)c2ccccc12. The van der Waals surface area contributed by atoms with E-state index in [1.165, 1.54) is 0 Å². The zero-order chi connectivity index (χ0) is 11.8. The van der Waals surface area contributed by atoms with Crippen LogP contribution in [0, 0.1) is 0 Å². The number of benzene rings is 1. The number of hydrogen-bond donors (Lipinski definition) is 1. The summed E-state index contributed by atoms with van der Waals surface area (Å²) in [6.07, 6.45) is 0. The Bertz CT molecular complexity index is 747. The van der Waals surface area contributed by atoms with E-state index in [0.717, 1.165) is 20.4 Å². The zero-order valence-corrected chi connectivity index (χ0v) is 11.0. The first-order valence-electron chi connectivity index (χ1n) is 4.98. The molecule has 84 valence electrons. The van der Waals surface area contributed by atoms with Gasteiger partial charge in [-0.2, -0.15) is 5.10 Å². The number of nitrogens with one attached hydrogen (secondary N) is 1. The first-order valence-corrected chi connectivity index (χ1v) is 6.65. The van der Waals surface area contributed by atoms with E-state index in [2.05, 4.69) is 26.1 Å². The van der Waals surface area contributed by atoms with E-state index in [-0.39, 0.29) is 5.56 Å². The molecule has 17 heavy (non-hydrogen) atoms. The maximum absolute atomic E-state index is 11.7. The molecule has 0 bridgehead atoms. The maximum atomic E-state index is 11.7. The Hall–Kier alpha value is -1.46. The molecule has 0 aliphatic carbocycles. The highest BCUT2D eigenvalue weighted by molar-refractivity contribution is 9.10. The van der Waals surface area contributed by atoms with Crippen molar-refractivity contribution in [3.63, 3.8) is 0 Å². The Balaban J connectivity index is 2.43. The van der Waals surface area contributed by atoms with Crippen molar-refractivity contribution in [3.8, 4) is 10.6 Å². The largest absolute Gasteiger partial charge is 0.272 e. The molecule has 0 aliphatic rings. The second kappa shape index (κ2) is 4.09. The van der Waals surface area contributed by atoms with Crippen LogP contribution in [0.25, 0.3) is 21.3 Å². The van der Waals surface area contributed by atoms with Crippen LogP contribution in [0.2, 0.25) is 0 Å². The van der Waals surface area contributed by atoms with Crippen molar-refractivity contribution in [3.05, 3.63) is 50.5 Å². The van der Waals surface area contributed by atoms with Gasteiger partial charge in [-0.3, -0.25) is 4.79 Å². The predicted octanol–water partition coefficient (Wildman–Crippen LogP) is 3.41. The van der Waals surface area contributed by atoms with Gasteiger partial charge in [-0.15, -0.1) is 11.3 Å². The van der Waals surface area contributed by atoms with Gasteiger partial charge in [0.15, 0.2) is 0 Å². The van der Waals surface area contributed by atoms with E-state index in [0.29, 0.717) is 5.39 Å². The fourth-order valence-corrected chi connectivity index (χ4v) is 3.31. The minimum absolute atomic E-state index is 0.156. The van der Waals surface area contributed by atoms with Crippen LogP contribution in [0.3, 0.4) is 0 Å². The summed E-state index contributed by atoms with van der Waals surface area (Å²) in [7, 11) is 0. The van der Waals surface area contributed by atoms with Crippen LogP contribution in [0.1, 0.15) is 0 Å². The monoisotopic (exact) mass is 306 g/mol. The van der Waals surface area contributed by atoms with E-state index < -0.39 is 0 Å². The number of nitrogens with zero attached hydrogens (tertiary/aromatic N) is 1. The summed E-state index contributed by atoms with van der Waals surface area (Å²) in [4.78, 5) is 12.7. The number of H-pyrrole nitrogens is 1. The van der Waals surface area contributed by atoms with E-state index in [1.54, 1.807) is 17.4 Å². The molecule has 0 atom stereocenters. The molecule has 1 aromatic carbocycles. The molecule has 0 saturated heterocycles. The van der Waals surface area contributed by atoms with Gasteiger partial charge in [-0.1, -0.05) is 18.2 Å². The number of aromatic nitrogens is 2. The maximum Gasteiger partial charge on any atom is 0.272 e. The van der Waals surface area contributed by atoms with Crippen LogP contribution in [0.5, 0.6) is 0 Å². The summed E-state index contributed by atoms with van der Waals surface area (Å²) in [6.45, 7) is 0. The predicted molar refractivity (Wildman–Crippen MR) is 73.4 cm³/mol. The number of thiophene rings is 1. The third-order valence-electron chi connectivity index (χ3n) is 2.53. The molecule has 3 aromatic rings. The average molecular weight is 307 g/mol. The Morgan fingerprint density at radius 2 is 1.94 bits per heavy atom. The van der Waals surface area contributed by atoms with Gasteiger partial charge < -0.3 is 0 Å². The van der Waals surface area contributed by atoms with Crippen molar-refractivity contribution in [1.82, 2.24) is 10.2 Å². The number of fused-ring (bicyclic) bond motifs is 1. The van der Waals surface area contributed by atoms with Crippen LogP contribution in [-0.2, 0) is 0 Å². The van der Waals surface area contributed by atoms with E-state index in [4.69, 9.17) is 0 Å². The summed E-state index contributed by atoms with van der Waals surface area (Å²) in [5, 5.41) is 10.2. The molecular formula is C12H7BrN2OS. The molecule has 0 aliphatic heterocycles. The molecule has 1 N–H and O–H groups in total. The van der Waals surface area contributed by atoms with Crippen molar-refractivity contribution in [1.29, 1.82) is 0 Å². The fourth-order valence-electron chi connectivity index (χ4n) is 1.75. The Labute approximate surface area is 109 Å². The van der Waals surface area contributed by atoms with Gasteiger partial charge in [-0.25, -0.2) is 5.10 Å². The van der Waals surface area contributed by atoms with Crippen molar-refractivity contribution >= 4 is 38.0 Å². The lowest BCUT2D eigenvalue weighted by atomic mass is 10.1. The highest BCUT2D eigenvalue weighted by atomic mass is 79.9. The zero-order valence-electron chi connectivity index (χ0n) is 8.61. The molecule has 0 amide bonds. The molecule has 0 fully saturated rings. The third-order valence-corrected chi connectivity index (χ3v) is 4.37. The van der Waals surface area contributed by atoms with Gasteiger partial charge in [0, 0.05) is 9.86 Å².